The van der Waals surface area contributed by atoms with E-state index in [2.05, 4.69) is 41.5 Å². The highest BCUT2D eigenvalue weighted by atomic mass is 31.2. The molecule has 0 fully saturated rings. The van der Waals surface area contributed by atoms with E-state index in [1.165, 1.54) is 167 Å². The predicted molar refractivity (Wildman–Crippen MR) is 354 cm³/mol. The number of hydrogen-bond donors (Lipinski definition) is 3. The second-order valence-corrected chi connectivity index (χ2v) is 28.8. The van der Waals surface area contributed by atoms with Gasteiger partial charge >= 0.3 is 39.5 Å². The number of aliphatic hydroxyl groups is 1. The van der Waals surface area contributed by atoms with Crippen molar-refractivity contribution in [3.05, 3.63) is 0 Å². The Morgan fingerprint density at radius 2 is 0.523 bits per heavy atom. The fourth-order valence-corrected chi connectivity index (χ4v) is 12.0. The monoisotopic (exact) mass is 1300 g/mol. The van der Waals surface area contributed by atoms with Crippen molar-refractivity contribution < 1.29 is 80.2 Å². The van der Waals surface area contributed by atoms with Crippen LogP contribution in [0.25, 0.3) is 0 Å². The molecule has 0 aromatic carbocycles. The molecule has 0 saturated heterocycles. The second kappa shape index (κ2) is 61.3. The third-order valence-electron chi connectivity index (χ3n) is 16.0. The molecule has 5 atom stereocenters. The van der Waals surface area contributed by atoms with Crippen molar-refractivity contribution in [1.82, 2.24) is 0 Å². The van der Waals surface area contributed by atoms with Crippen LogP contribution in [0.3, 0.4) is 0 Å². The van der Waals surface area contributed by atoms with Crippen LogP contribution >= 0.6 is 15.6 Å². The summed E-state index contributed by atoms with van der Waals surface area (Å²) in [6.07, 6.45) is 46.2. The van der Waals surface area contributed by atoms with Gasteiger partial charge in [-0.1, -0.05) is 298 Å². The number of ether oxygens (including phenoxy) is 4. The first kappa shape index (κ1) is 86.1. The number of rotatable bonds is 68. The molecule has 0 aromatic heterocycles. The molecule has 0 radical (unpaired) electrons. The molecule has 0 rings (SSSR count). The van der Waals surface area contributed by atoms with Crippen LogP contribution in [0.4, 0.5) is 0 Å². The summed E-state index contributed by atoms with van der Waals surface area (Å²) in [6, 6.07) is 0. The van der Waals surface area contributed by atoms with Gasteiger partial charge in [0.25, 0.3) is 0 Å². The van der Waals surface area contributed by atoms with E-state index in [0.717, 1.165) is 95.8 Å². The molecule has 3 N–H and O–H groups in total. The maximum atomic E-state index is 13.0. The van der Waals surface area contributed by atoms with Crippen molar-refractivity contribution in [3.8, 4) is 0 Å². The van der Waals surface area contributed by atoms with Crippen LogP contribution in [0.5, 0.6) is 0 Å². The lowest BCUT2D eigenvalue weighted by Crippen LogP contribution is -2.30. The first-order chi connectivity index (χ1) is 42.4. The Morgan fingerprint density at radius 3 is 0.773 bits per heavy atom. The van der Waals surface area contributed by atoms with Crippen LogP contribution in [0.1, 0.15) is 350 Å². The minimum Gasteiger partial charge on any atom is -0.462 e. The van der Waals surface area contributed by atoms with Gasteiger partial charge in [-0.3, -0.25) is 37.3 Å². The number of carbonyl (C=O) groups excluding carboxylic acids is 4. The molecule has 19 heteroatoms. The third-order valence-corrected chi connectivity index (χ3v) is 17.9. The van der Waals surface area contributed by atoms with Crippen LogP contribution in [0.15, 0.2) is 0 Å². The molecule has 0 heterocycles. The number of unbranched alkanes of at least 4 members (excludes halogenated alkanes) is 38. The Morgan fingerprint density at radius 1 is 0.307 bits per heavy atom. The number of phosphoric acid groups is 2. The number of aliphatic hydroxyl groups excluding tert-OH is 1. The molecule has 0 aliphatic carbocycles. The lowest BCUT2D eigenvalue weighted by atomic mass is 10.0. The lowest BCUT2D eigenvalue weighted by molar-refractivity contribution is -0.161. The van der Waals surface area contributed by atoms with E-state index in [4.69, 9.17) is 37.0 Å². The zero-order valence-electron chi connectivity index (χ0n) is 57.0. The summed E-state index contributed by atoms with van der Waals surface area (Å²) in [4.78, 5) is 72.3. The first-order valence-electron chi connectivity index (χ1n) is 36.0. The van der Waals surface area contributed by atoms with Gasteiger partial charge in [0.2, 0.25) is 0 Å². The van der Waals surface area contributed by atoms with Crippen molar-refractivity contribution in [3.63, 3.8) is 0 Å². The normalized spacial score (nSPS) is 14.2. The van der Waals surface area contributed by atoms with Gasteiger partial charge in [-0.05, 0) is 37.5 Å². The molecule has 0 aromatic rings. The van der Waals surface area contributed by atoms with E-state index < -0.39 is 97.5 Å². The molecule has 2 unspecified atom stereocenters. The van der Waals surface area contributed by atoms with Crippen LogP contribution in [0.2, 0.25) is 0 Å². The molecular formula is C69H134O17P2. The molecule has 0 aliphatic rings. The average Bonchev–Trinajstić information content (AvgIpc) is 3.69. The summed E-state index contributed by atoms with van der Waals surface area (Å²) in [5, 5.41) is 10.6. The van der Waals surface area contributed by atoms with Crippen molar-refractivity contribution in [1.29, 1.82) is 0 Å². The van der Waals surface area contributed by atoms with Crippen molar-refractivity contribution in [2.75, 3.05) is 39.6 Å². The van der Waals surface area contributed by atoms with E-state index in [9.17, 15) is 43.2 Å². The van der Waals surface area contributed by atoms with E-state index in [-0.39, 0.29) is 25.7 Å². The Hall–Kier alpha value is -1.94. The van der Waals surface area contributed by atoms with E-state index >= 15 is 0 Å². The highest BCUT2D eigenvalue weighted by molar-refractivity contribution is 7.47. The third kappa shape index (κ3) is 62.8. The molecule has 88 heavy (non-hydrogen) atoms. The number of hydrogen-bond acceptors (Lipinski definition) is 15. The lowest BCUT2D eigenvalue weighted by Gasteiger charge is -2.21. The largest absolute Gasteiger partial charge is 0.472 e. The minimum atomic E-state index is -4.95. The smallest absolute Gasteiger partial charge is 0.462 e. The fourth-order valence-electron chi connectivity index (χ4n) is 10.4. The van der Waals surface area contributed by atoms with Gasteiger partial charge in [0.05, 0.1) is 26.4 Å². The summed E-state index contributed by atoms with van der Waals surface area (Å²) < 4.78 is 68.1. The Balaban J connectivity index is 5.17. The summed E-state index contributed by atoms with van der Waals surface area (Å²) in [5.74, 6) is -0.737. The molecule has 522 valence electrons. The Kier molecular flexibility index (Phi) is 59.9. The van der Waals surface area contributed by atoms with Crippen molar-refractivity contribution >= 4 is 39.5 Å². The fraction of sp³-hybridized carbons (Fsp3) is 0.942. The van der Waals surface area contributed by atoms with Crippen LogP contribution in [0, 0.1) is 11.8 Å². The average molecular weight is 1300 g/mol. The number of phosphoric ester groups is 2. The zero-order chi connectivity index (χ0) is 65.0. The van der Waals surface area contributed by atoms with Crippen LogP contribution < -0.4 is 0 Å². The molecule has 0 spiro atoms. The van der Waals surface area contributed by atoms with Gasteiger partial charge in [-0.15, -0.1) is 0 Å². The number of esters is 4. The summed E-state index contributed by atoms with van der Waals surface area (Å²) in [5.41, 5.74) is 0. The highest BCUT2D eigenvalue weighted by Gasteiger charge is 2.30. The van der Waals surface area contributed by atoms with E-state index in [0.29, 0.717) is 31.6 Å². The predicted octanol–water partition coefficient (Wildman–Crippen LogP) is 19.6. The zero-order valence-corrected chi connectivity index (χ0v) is 58.8. The van der Waals surface area contributed by atoms with Gasteiger partial charge in [0.15, 0.2) is 12.2 Å². The van der Waals surface area contributed by atoms with Crippen LogP contribution in [-0.4, -0.2) is 96.7 Å². The van der Waals surface area contributed by atoms with E-state index in [1.807, 2.05) is 0 Å². The van der Waals surface area contributed by atoms with Crippen molar-refractivity contribution in [2.45, 2.75) is 368 Å². The van der Waals surface area contributed by atoms with Gasteiger partial charge in [-0.25, -0.2) is 9.13 Å². The van der Waals surface area contributed by atoms with E-state index in [1.54, 1.807) is 0 Å². The molecule has 0 bridgehead atoms. The SMILES string of the molecule is CCCCCCCCCCCCCCCCCCCCCC(=O)O[C@H](COC(=O)CCCCCCCCCCC(C)C)COP(=O)(O)OC[C@@H](O)COP(=O)(O)OC[C@@H](COC(=O)CCCCCCCCCCC)OC(=O)CCCCCCCCC(C)C. The maximum Gasteiger partial charge on any atom is 0.472 e. The Bertz CT molecular complexity index is 1720. The highest BCUT2D eigenvalue weighted by Crippen LogP contribution is 2.45. The summed E-state index contributed by atoms with van der Waals surface area (Å²) in [7, 11) is -9.89. The molecule has 17 nitrogen and oxygen atoms in total. The maximum absolute atomic E-state index is 13.0. The van der Waals surface area contributed by atoms with Gasteiger partial charge in [0.1, 0.15) is 19.3 Å². The summed E-state index contributed by atoms with van der Waals surface area (Å²) in [6.45, 7) is 9.39. The minimum absolute atomic E-state index is 0.102. The standard InChI is InChI=1S/C69H134O17P2/c1-7-9-11-13-15-17-18-19-20-21-22-23-24-25-26-28-34-41-47-53-68(73)85-64(57-80-67(72)52-46-40-33-30-29-31-37-43-49-61(3)4)59-83-87(75,76)81-55-63(70)56-82-88(77,78)84-60-65(86-69(74)54-48-42-36-35-38-44-50-62(5)6)58-79-66(71)51-45-39-32-27-16-14-12-10-8-2/h61-65,70H,7-60H2,1-6H3,(H,75,76)(H,77,78)/t63-,64-,65-/m1/s1. The second-order valence-electron chi connectivity index (χ2n) is 25.9. The molecule has 0 amide bonds. The number of carbonyl (C=O) groups is 4. The summed E-state index contributed by atoms with van der Waals surface area (Å²) >= 11 is 0. The quantitative estimate of drug-likeness (QED) is 0.0222. The first-order valence-corrected chi connectivity index (χ1v) is 39.0. The molecular weight excluding hydrogens is 1160 g/mol. The van der Waals surface area contributed by atoms with Crippen molar-refractivity contribution in [2.24, 2.45) is 11.8 Å². The van der Waals surface area contributed by atoms with Gasteiger partial charge < -0.3 is 33.8 Å². The Labute approximate surface area is 537 Å². The topological polar surface area (TPSA) is 237 Å². The van der Waals surface area contributed by atoms with Gasteiger partial charge in [0, 0.05) is 25.7 Å². The molecule has 0 saturated carbocycles. The van der Waals surface area contributed by atoms with Crippen LogP contribution in [-0.2, 0) is 65.4 Å². The molecule has 0 aliphatic heterocycles. The van der Waals surface area contributed by atoms with Gasteiger partial charge in [-0.2, -0.15) is 0 Å².